The summed E-state index contributed by atoms with van der Waals surface area (Å²) in [6, 6.07) is 1.03. The highest BCUT2D eigenvalue weighted by molar-refractivity contribution is 4.85. The lowest BCUT2D eigenvalue weighted by atomic mass is 9.94. The zero-order valence-electron chi connectivity index (χ0n) is 14.2. The van der Waals surface area contributed by atoms with Crippen LogP contribution in [0.3, 0.4) is 0 Å². The van der Waals surface area contributed by atoms with Gasteiger partial charge in [-0.05, 0) is 39.0 Å². The Labute approximate surface area is 120 Å². The first kappa shape index (κ1) is 18.9. The molecular weight excluding hydrogens is 236 g/mol. The Morgan fingerprint density at radius 3 is 1.95 bits per heavy atom. The molecule has 0 aliphatic heterocycles. The Kier molecular flexibility index (Phi) is 8.88. The molecule has 0 spiro atoms. The number of nitrogens with zero attached hydrogens (tertiary/aromatic N) is 1. The van der Waals surface area contributed by atoms with Crippen molar-refractivity contribution in [1.82, 2.24) is 4.90 Å². The molecule has 0 aromatic carbocycles. The summed E-state index contributed by atoms with van der Waals surface area (Å²) in [6.07, 6.45) is 3.36. The van der Waals surface area contributed by atoms with E-state index in [4.69, 9.17) is 10.5 Å². The van der Waals surface area contributed by atoms with Gasteiger partial charge in [0.1, 0.15) is 0 Å². The predicted molar refractivity (Wildman–Crippen MR) is 84.5 cm³/mol. The summed E-state index contributed by atoms with van der Waals surface area (Å²) in [5.74, 6) is 0.667. The Balaban J connectivity index is 4.95. The maximum Gasteiger partial charge on any atom is 0.0638 e. The molecule has 0 aromatic rings. The second-order valence-electron chi connectivity index (χ2n) is 6.62. The second kappa shape index (κ2) is 8.93. The molecule has 0 aliphatic carbocycles. The number of ether oxygens (including phenoxy) is 1. The first-order valence-electron chi connectivity index (χ1n) is 7.82. The normalized spacial score (nSPS) is 14.7. The SMILES string of the molecule is CCC(CC)N(CC(C)C)C(CN)CC(C)(C)OC. The monoisotopic (exact) mass is 272 g/mol. The number of methoxy groups -OCH3 is 1. The summed E-state index contributed by atoms with van der Waals surface area (Å²) in [4.78, 5) is 2.62. The minimum Gasteiger partial charge on any atom is -0.379 e. The van der Waals surface area contributed by atoms with Crippen LogP contribution in [0.15, 0.2) is 0 Å². The van der Waals surface area contributed by atoms with Crippen molar-refractivity contribution in [3.8, 4) is 0 Å². The van der Waals surface area contributed by atoms with Crippen LogP contribution in [0.5, 0.6) is 0 Å². The maximum absolute atomic E-state index is 6.06. The standard InChI is InChI=1S/C16H36N2O/c1-8-14(9-2)18(12-13(3)4)15(11-17)10-16(5,6)19-7/h13-15H,8-12,17H2,1-7H3. The van der Waals surface area contributed by atoms with E-state index in [1.165, 1.54) is 12.8 Å². The number of nitrogens with two attached hydrogens (primary N) is 1. The van der Waals surface area contributed by atoms with Crippen molar-refractivity contribution in [1.29, 1.82) is 0 Å². The third kappa shape index (κ3) is 6.73. The summed E-state index contributed by atoms with van der Waals surface area (Å²) in [7, 11) is 1.79. The van der Waals surface area contributed by atoms with Crippen molar-refractivity contribution < 1.29 is 4.74 Å². The molecule has 116 valence electrons. The molecule has 0 aromatic heterocycles. The van der Waals surface area contributed by atoms with Gasteiger partial charge in [0, 0.05) is 32.3 Å². The van der Waals surface area contributed by atoms with E-state index in [-0.39, 0.29) is 5.60 Å². The van der Waals surface area contributed by atoms with Gasteiger partial charge >= 0.3 is 0 Å². The third-order valence-corrected chi connectivity index (χ3v) is 4.01. The van der Waals surface area contributed by atoms with Crippen LogP contribution in [0.2, 0.25) is 0 Å². The van der Waals surface area contributed by atoms with Gasteiger partial charge in [-0.25, -0.2) is 0 Å². The van der Waals surface area contributed by atoms with Gasteiger partial charge in [-0.1, -0.05) is 27.7 Å². The van der Waals surface area contributed by atoms with Crippen LogP contribution < -0.4 is 5.73 Å². The van der Waals surface area contributed by atoms with Gasteiger partial charge in [0.2, 0.25) is 0 Å². The number of rotatable bonds is 10. The largest absolute Gasteiger partial charge is 0.379 e. The van der Waals surface area contributed by atoms with Crippen molar-refractivity contribution in [3.05, 3.63) is 0 Å². The fourth-order valence-corrected chi connectivity index (χ4v) is 2.76. The molecule has 3 heteroatoms. The summed E-state index contributed by atoms with van der Waals surface area (Å²) < 4.78 is 5.59. The van der Waals surface area contributed by atoms with Crippen LogP contribution in [0, 0.1) is 5.92 Å². The molecule has 1 unspecified atom stereocenters. The molecule has 0 heterocycles. The van der Waals surface area contributed by atoms with E-state index < -0.39 is 0 Å². The van der Waals surface area contributed by atoms with Crippen LogP contribution in [0.1, 0.15) is 60.8 Å². The fourth-order valence-electron chi connectivity index (χ4n) is 2.76. The highest BCUT2D eigenvalue weighted by Gasteiger charge is 2.29. The maximum atomic E-state index is 6.06. The zero-order chi connectivity index (χ0) is 15.1. The van der Waals surface area contributed by atoms with E-state index in [2.05, 4.69) is 46.4 Å². The summed E-state index contributed by atoms with van der Waals surface area (Å²) in [6.45, 7) is 15.2. The molecule has 0 bridgehead atoms. The van der Waals surface area contributed by atoms with Crippen LogP contribution in [-0.2, 0) is 4.74 Å². The first-order chi connectivity index (χ1) is 8.81. The summed E-state index contributed by atoms with van der Waals surface area (Å²) in [5.41, 5.74) is 5.96. The van der Waals surface area contributed by atoms with Crippen LogP contribution in [0.25, 0.3) is 0 Å². The molecule has 19 heavy (non-hydrogen) atoms. The molecule has 1 atom stereocenters. The van der Waals surface area contributed by atoms with E-state index in [1.54, 1.807) is 7.11 Å². The van der Waals surface area contributed by atoms with E-state index in [0.717, 1.165) is 13.0 Å². The van der Waals surface area contributed by atoms with E-state index in [1.807, 2.05) is 0 Å². The molecule has 0 radical (unpaired) electrons. The molecule has 0 saturated carbocycles. The van der Waals surface area contributed by atoms with Crippen molar-refractivity contribution >= 4 is 0 Å². The Morgan fingerprint density at radius 1 is 1.11 bits per heavy atom. The minimum absolute atomic E-state index is 0.106. The fraction of sp³-hybridized carbons (Fsp3) is 1.00. The average molecular weight is 272 g/mol. The lowest BCUT2D eigenvalue weighted by Crippen LogP contribution is -2.51. The molecule has 0 saturated heterocycles. The molecular formula is C16H36N2O. The van der Waals surface area contributed by atoms with Crippen molar-refractivity contribution in [2.45, 2.75) is 78.5 Å². The summed E-state index contributed by atoms with van der Waals surface area (Å²) >= 11 is 0. The van der Waals surface area contributed by atoms with Gasteiger partial charge in [0.05, 0.1) is 5.60 Å². The predicted octanol–water partition coefficient (Wildman–Crippen LogP) is 3.28. The average Bonchev–Trinajstić information content (AvgIpc) is 2.36. The molecule has 0 fully saturated rings. The number of hydrogen-bond acceptors (Lipinski definition) is 3. The zero-order valence-corrected chi connectivity index (χ0v) is 14.2. The van der Waals surface area contributed by atoms with Gasteiger partial charge in [-0.3, -0.25) is 4.90 Å². The Morgan fingerprint density at radius 2 is 1.63 bits per heavy atom. The second-order valence-corrected chi connectivity index (χ2v) is 6.62. The van der Waals surface area contributed by atoms with Gasteiger partial charge in [-0.15, -0.1) is 0 Å². The molecule has 2 N–H and O–H groups in total. The Bertz CT molecular complexity index is 225. The minimum atomic E-state index is -0.106. The van der Waals surface area contributed by atoms with Gasteiger partial charge in [0.15, 0.2) is 0 Å². The van der Waals surface area contributed by atoms with Crippen LogP contribution >= 0.6 is 0 Å². The summed E-state index contributed by atoms with van der Waals surface area (Å²) in [5, 5.41) is 0. The topological polar surface area (TPSA) is 38.5 Å². The van der Waals surface area contributed by atoms with Crippen molar-refractivity contribution in [2.75, 3.05) is 20.2 Å². The molecule has 0 amide bonds. The van der Waals surface area contributed by atoms with E-state index in [0.29, 0.717) is 24.5 Å². The highest BCUT2D eigenvalue weighted by Crippen LogP contribution is 2.23. The lowest BCUT2D eigenvalue weighted by Gasteiger charge is -2.41. The number of hydrogen-bond donors (Lipinski definition) is 1. The quantitative estimate of drug-likeness (QED) is 0.663. The lowest BCUT2D eigenvalue weighted by molar-refractivity contribution is -0.0172. The van der Waals surface area contributed by atoms with Crippen molar-refractivity contribution in [2.24, 2.45) is 11.7 Å². The molecule has 0 rings (SSSR count). The van der Waals surface area contributed by atoms with E-state index >= 15 is 0 Å². The molecule has 0 aliphatic rings. The van der Waals surface area contributed by atoms with Crippen LogP contribution in [-0.4, -0.2) is 42.8 Å². The van der Waals surface area contributed by atoms with Crippen molar-refractivity contribution in [3.63, 3.8) is 0 Å². The Hall–Kier alpha value is -0.120. The highest BCUT2D eigenvalue weighted by atomic mass is 16.5. The van der Waals surface area contributed by atoms with E-state index in [9.17, 15) is 0 Å². The van der Waals surface area contributed by atoms with Gasteiger partial charge in [0.25, 0.3) is 0 Å². The molecule has 3 nitrogen and oxygen atoms in total. The smallest absolute Gasteiger partial charge is 0.0638 e. The third-order valence-electron chi connectivity index (χ3n) is 4.01. The van der Waals surface area contributed by atoms with Gasteiger partial charge < -0.3 is 10.5 Å². The van der Waals surface area contributed by atoms with Gasteiger partial charge in [-0.2, -0.15) is 0 Å². The van der Waals surface area contributed by atoms with Crippen LogP contribution in [0.4, 0.5) is 0 Å². The first-order valence-corrected chi connectivity index (χ1v) is 7.82.